The van der Waals surface area contributed by atoms with Gasteiger partial charge >= 0.3 is 0 Å². The van der Waals surface area contributed by atoms with Crippen LogP contribution in [0, 0.1) is 12.3 Å². The van der Waals surface area contributed by atoms with Crippen molar-refractivity contribution in [3.63, 3.8) is 0 Å². The Morgan fingerprint density at radius 2 is 2.17 bits per heavy atom. The number of para-hydroxylation sites is 1. The third-order valence-corrected chi connectivity index (χ3v) is 4.07. The van der Waals surface area contributed by atoms with E-state index in [1.54, 1.807) is 11.2 Å². The smallest absolute Gasteiger partial charge is 0.224 e. The summed E-state index contributed by atoms with van der Waals surface area (Å²) in [5.41, 5.74) is 1.10. The highest BCUT2D eigenvalue weighted by molar-refractivity contribution is 5.77. The summed E-state index contributed by atoms with van der Waals surface area (Å²) in [6, 6.07) is 11.6. The molecular weight excluding hydrogens is 290 g/mol. The molecule has 0 spiro atoms. The van der Waals surface area contributed by atoms with Crippen LogP contribution in [-0.2, 0) is 11.3 Å². The van der Waals surface area contributed by atoms with Crippen LogP contribution in [-0.4, -0.2) is 24.0 Å². The lowest BCUT2D eigenvalue weighted by atomic mass is 9.90. The van der Waals surface area contributed by atoms with E-state index in [0.29, 0.717) is 19.6 Å². The van der Waals surface area contributed by atoms with Gasteiger partial charge in [0.15, 0.2) is 0 Å². The Hall–Kier alpha value is -2.67. The molecule has 0 fully saturated rings. The molecule has 23 heavy (non-hydrogen) atoms. The SMILES string of the molecule is C#CCN(Cc1ccco1)C(=O)CC1CCOc2ccccc21. The molecule has 0 radical (unpaired) electrons. The lowest BCUT2D eigenvalue weighted by molar-refractivity contribution is -0.132. The molecule has 0 saturated carbocycles. The number of hydrogen-bond donors (Lipinski definition) is 0. The maximum Gasteiger partial charge on any atom is 0.224 e. The molecule has 2 heterocycles. The van der Waals surface area contributed by atoms with Gasteiger partial charge in [0, 0.05) is 6.42 Å². The molecule has 3 rings (SSSR count). The summed E-state index contributed by atoms with van der Waals surface area (Å²) in [4.78, 5) is 14.3. The van der Waals surface area contributed by atoms with E-state index in [1.807, 2.05) is 36.4 Å². The van der Waals surface area contributed by atoms with Gasteiger partial charge in [0.2, 0.25) is 5.91 Å². The average molecular weight is 309 g/mol. The summed E-state index contributed by atoms with van der Waals surface area (Å²) in [5, 5.41) is 0. The van der Waals surface area contributed by atoms with Crippen LogP contribution in [0.3, 0.4) is 0 Å². The van der Waals surface area contributed by atoms with Crippen LogP contribution in [0.1, 0.15) is 30.1 Å². The van der Waals surface area contributed by atoms with Crippen molar-refractivity contribution in [1.29, 1.82) is 0 Å². The normalized spacial score (nSPS) is 16.0. The predicted molar refractivity (Wildman–Crippen MR) is 86.9 cm³/mol. The number of furan rings is 1. The zero-order valence-electron chi connectivity index (χ0n) is 12.9. The average Bonchev–Trinajstić information content (AvgIpc) is 3.08. The van der Waals surface area contributed by atoms with Crippen molar-refractivity contribution in [2.75, 3.05) is 13.2 Å². The van der Waals surface area contributed by atoms with Gasteiger partial charge < -0.3 is 14.1 Å². The number of carbonyl (C=O) groups is 1. The molecule has 1 atom stereocenters. The molecule has 0 N–H and O–H groups in total. The molecule has 4 nitrogen and oxygen atoms in total. The van der Waals surface area contributed by atoms with E-state index in [1.165, 1.54) is 0 Å². The van der Waals surface area contributed by atoms with Gasteiger partial charge in [-0.2, -0.15) is 0 Å². The molecule has 1 aromatic carbocycles. The van der Waals surface area contributed by atoms with Crippen molar-refractivity contribution in [3.05, 3.63) is 54.0 Å². The van der Waals surface area contributed by atoms with Gasteiger partial charge in [-0.3, -0.25) is 4.79 Å². The highest BCUT2D eigenvalue weighted by atomic mass is 16.5. The van der Waals surface area contributed by atoms with E-state index in [0.717, 1.165) is 23.5 Å². The number of rotatable bonds is 5. The molecule has 4 heteroatoms. The molecule has 118 valence electrons. The summed E-state index contributed by atoms with van der Waals surface area (Å²) >= 11 is 0. The molecule has 1 aliphatic rings. The number of benzene rings is 1. The van der Waals surface area contributed by atoms with Gasteiger partial charge in [0.25, 0.3) is 0 Å². The summed E-state index contributed by atoms with van der Waals surface area (Å²) in [7, 11) is 0. The molecule has 1 unspecified atom stereocenters. The van der Waals surface area contributed by atoms with Crippen molar-refractivity contribution in [1.82, 2.24) is 4.90 Å². The topological polar surface area (TPSA) is 42.7 Å². The second kappa shape index (κ2) is 7.06. The van der Waals surface area contributed by atoms with Crippen LogP contribution < -0.4 is 4.74 Å². The first kappa shape index (κ1) is 15.2. The first-order chi connectivity index (χ1) is 11.3. The number of carbonyl (C=O) groups excluding carboxylic acids is 1. The molecule has 0 bridgehead atoms. The van der Waals surface area contributed by atoms with Crippen LogP contribution >= 0.6 is 0 Å². The van der Waals surface area contributed by atoms with E-state index < -0.39 is 0 Å². The Labute approximate surface area is 136 Å². The number of fused-ring (bicyclic) bond motifs is 1. The first-order valence-corrected chi connectivity index (χ1v) is 7.73. The summed E-state index contributed by atoms with van der Waals surface area (Å²) in [5.74, 6) is 4.39. The fourth-order valence-corrected chi connectivity index (χ4v) is 2.90. The monoisotopic (exact) mass is 309 g/mol. The van der Waals surface area contributed by atoms with E-state index in [9.17, 15) is 4.79 Å². The van der Waals surface area contributed by atoms with Crippen molar-refractivity contribution in [2.45, 2.75) is 25.3 Å². The number of nitrogens with zero attached hydrogens (tertiary/aromatic N) is 1. The fraction of sp³-hybridized carbons (Fsp3) is 0.316. The summed E-state index contributed by atoms with van der Waals surface area (Å²) in [6.45, 7) is 1.33. The molecule has 1 aliphatic heterocycles. The predicted octanol–water partition coefficient (Wildman–Crippen LogP) is 3.20. The highest BCUT2D eigenvalue weighted by Gasteiger charge is 2.25. The van der Waals surface area contributed by atoms with E-state index in [4.69, 9.17) is 15.6 Å². The van der Waals surface area contributed by atoms with Gasteiger partial charge in [-0.25, -0.2) is 0 Å². The van der Waals surface area contributed by atoms with Crippen molar-refractivity contribution < 1.29 is 13.9 Å². The quantitative estimate of drug-likeness (QED) is 0.797. The Kier molecular flexibility index (Phi) is 4.68. The van der Waals surface area contributed by atoms with E-state index in [2.05, 4.69) is 5.92 Å². The molecule has 1 amide bonds. The minimum Gasteiger partial charge on any atom is -0.493 e. The van der Waals surface area contributed by atoms with Gasteiger partial charge in [-0.15, -0.1) is 6.42 Å². The Morgan fingerprint density at radius 1 is 1.30 bits per heavy atom. The van der Waals surface area contributed by atoms with Crippen molar-refractivity contribution in [2.24, 2.45) is 0 Å². The first-order valence-electron chi connectivity index (χ1n) is 7.73. The number of ether oxygens (including phenoxy) is 1. The summed E-state index contributed by atoms with van der Waals surface area (Å²) < 4.78 is 11.0. The van der Waals surface area contributed by atoms with Crippen molar-refractivity contribution >= 4 is 5.91 Å². The molecule has 2 aromatic rings. The molecule has 0 saturated heterocycles. The third kappa shape index (κ3) is 3.57. The zero-order valence-corrected chi connectivity index (χ0v) is 12.9. The standard InChI is InChI=1S/C19H19NO3/c1-2-10-20(14-16-6-5-11-22-16)19(21)13-15-9-12-23-18-8-4-3-7-17(15)18/h1,3-8,11,15H,9-10,12-14H2. The van der Waals surface area contributed by atoms with Gasteiger partial charge in [-0.05, 0) is 36.1 Å². The maximum atomic E-state index is 12.7. The van der Waals surface area contributed by atoms with Crippen LogP contribution in [0.2, 0.25) is 0 Å². The molecule has 1 aromatic heterocycles. The number of terminal acetylenes is 1. The molecule has 0 aliphatic carbocycles. The fourth-order valence-electron chi connectivity index (χ4n) is 2.90. The number of hydrogen-bond acceptors (Lipinski definition) is 3. The second-order valence-electron chi connectivity index (χ2n) is 5.61. The zero-order chi connectivity index (χ0) is 16.1. The Bertz CT molecular complexity index is 700. The summed E-state index contributed by atoms with van der Waals surface area (Å²) in [6.07, 6.45) is 8.29. The van der Waals surface area contributed by atoms with Crippen LogP contribution in [0.5, 0.6) is 5.75 Å². The second-order valence-corrected chi connectivity index (χ2v) is 5.61. The number of amides is 1. The lowest BCUT2D eigenvalue weighted by Crippen LogP contribution is -2.32. The van der Waals surface area contributed by atoms with Gasteiger partial charge in [-0.1, -0.05) is 24.1 Å². The highest BCUT2D eigenvalue weighted by Crippen LogP contribution is 2.35. The van der Waals surface area contributed by atoms with Crippen molar-refractivity contribution in [3.8, 4) is 18.1 Å². The largest absolute Gasteiger partial charge is 0.493 e. The van der Waals surface area contributed by atoms with Gasteiger partial charge in [0.05, 0.1) is 26.0 Å². The van der Waals surface area contributed by atoms with E-state index in [-0.39, 0.29) is 18.4 Å². The lowest BCUT2D eigenvalue weighted by Gasteiger charge is -2.27. The van der Waals surface area contributed by atoms with Crippen LogP contribution in [0.15, 0.2) is 47.1 Å². The molecular formula is C19H19NO3. The Morgan fingerprint density at radius 3 is 2.96 bits per heavy atom. The van der Waals surface area contributed by atoms with E-state index >= 15 is 0 Å². The maximum absolute atomic E-state index is 12.7. The van der Waals surface area contributed by atoms with Crippen LogP contribution in [0.25, 0.3) is 0 Å². The minimum absolute atomic E-state index is 0.0426. The third-order valence-electron chi connectivity index (χ3n) is 4.07. The van der Waals surface area contributed by atoms with Crippen LogP contribution in [0.4, 0.5) is 0 Å². The van der Waals surface area contributed by atoms with Gasteiger partial charge in [0.1, 0.15) is 11.5 Å². The Balaban J connectivity index is 1.71. The minimum atomic E-state index is 0.0426.